The van der Waals surface area contributed by atoms with E-state index in [9.17, 15) is 4.79 Å². The Bertz CT molecular complexity index is 1150. The molecule has 1 saturated heterocycles. The second-order valence-corrected chi connectivity index (χ2v) is 8.64. The molecule has 0 aliphatic carbocycles. The lowest BCUT2D eigenvalue weighted by atomic mass is 10.1. The molecule has 31 heavy (non-hydrogen) atoms. The SMILES string of the molecule is C=C(Nc1cnccc1N1CCNCC1)c1csc(N2Cc3cc(C)ccc3C2=O)n1. The zero-order valence-corrected chi connectivity index (χ0v) is 18.2. The minimum atomic E-state index is 0.00252. The Morgan fingerprint density at radius 3 is 2.94 bits per heavy atom. The highest BCUT2D eigenvalue weighted by Crippen LogP contribution is 2.33. The molecule has 0 radical (unpaired) electrons. The molecule has 0 bridgehead atoms. The first-order valence-electron chi connectivity index (χ1n) is 10.3. The lowest BCUT2D eigenvalue weighted by Gasteiger charge is -2.31. The number of pyridine rings is 1. The fraction of sp³-hybridized carbons (Fsp3) is 0.261. The Labute approximate surface area is 185 Å². The number of hydrogen-bond acceptors (Lipinski definition) is 7. The molecule has 4 heterocycles. The predicted octanol–water partition coefficient (Wildman–Crippen LogP) is 3.50. The second-order valence-electron chi connectivity index (χ2n) is 7.80. The molecule has 7 nitrogen and oxygen atoms in total. The average Bonchev–Trinajstić information content (AvgIpc) is 3.39. The molecular weight excluding hydrogens is 408 g/mol. The molecule has 2 aliphatic rings. The summed E-state index contributed by atoms with van der Waals surface area (Å²) in [7, 11) is 0. The Kier molecular flexibility index (Phi) is 5.17. The molecular formula is C23H24N6OS. The molecule has 0 spiro atoms. The Morgan fingerprint density at radius 2 is 2.10 bits per heavy atom. The van der Waals surface area contributed by atoms with Crippen molar-refractivity contribution < 1.29 is 4.79 Å². The van der Waals surface area contributed by atoms with E-state index in [4.69, 9.17) is 4.98 Å². The monoisotopic (exact) mass is 432 g/mol. The zero-order chi connectivity index (χ0) is 21.4. The largest absolute Gasteiger partial charge is 0.367 e. The Hall–Kier alpha value is -3.23. The number of piperazine rings is 1. The van der Waals surface area contributed by atoms with E-state index >= 15 is 0 Å². The summed E-state index contributed by atoms with van der Waals surface area (Å²) in [6, 6.07) is 7.98. The highest BCUT2D eigenvalue weighted by Gasteiger charge is 2.30. The number of carbonyl (C=O) groups is 1. The number of aryl methyl sites for hydroxylation is 1. The van der Waals surface area contributed by atoms with Crippen LogP contribution in [-0.4, -0.2) is 42.1 Å². The van der Waals surface area contributed by atoms with Gasteiger partial charge in [0.05, 0.1) is 35.5 Å². The maximum absolute atomic E-state index is 12.8. The summed E-state index contributed by atoms with van der Waals surface area (Å²) < 4.78 is 0. The summed E-state index contributed by atoms with van der Waals surface area (Å²) in [6.45, 7) is 10.6. The molecule has 8 heteroatoms. The van der Waals surface area contributed by atoms with Gasteiger partial charge in [0, 0.05) is 43.3 Å². The summed E-state index contributed by atoms with van der Waals surface area (Å²) in [6.07, 6.45) is 3.63. The summed E-state index contributed by atoms with van der Waals surface area (Å²) in [4.78, 5) is 25.9. The Balaban J connectivity index is 1.33. The minimum Gasteiger partial charge on any atom is -0.367 e. The van der Waals surface area contributed by atoms with Crippen molar-refractivity contribution in [3.8, 4) is 0 Å². The van der Waals surface area contributed by atoms with Crippen molar-refractivity contribution in [1.82, 2.24) is 15.3 Å². The van der Waals surface area contributed by atoms with Crippen LogP contribution in [0.15, 0.2) is 48.6 Å². The number of rotatable bonds is 5. The maximum atomic E-state index is 12.8. The van der Waals surface area contributed by atoms with Crippen molar-refractivity contribution in [3.05, 3.63) is 71.0 Å². The van der Waals surface area contributed by atoms with Crippen molar-refractivity contribution in [2.75, 3.05) is 41.3 Å². The smallest absolute Gasteiger partial charge is 0.260 e. The number of fused-ring (bicyclic) bond motifs is 1. The van der Waals surface area contributed by atoms with Gasteiger partial charge in [-0.15, -0.1) is 11.3 Å². The third-order valence-electron chi connectivity index (χ3n) is 5.64. The zero-order valence-electron chi connectivity index (χ0n) is 17.4. The summed E-state index contributed by atoms with van der Waals surface area (Å²) in [5.74, 6) is 0.00252. The number of anilines is 3. The van der Waals surface area contributed by atoms with Crippen LogP contribution in [0, 0.1) is 6.92 Å². The van der Waals surface area contributed by atoms with Gasteiger partial charge in [0.25, 0.3) is 5.91 Å². The van der Waals surface area contributed by atoms with Crippen LogP contribution >= 0.6 is 11.3 Å². The van der Waals surface area contributed by atoms with Crippen LogP contribution in [0.3, 0.4) is 0 Å². The summed E-state index contributed by atoms with van der Waals surface area (Å²) in [5, 5.41) is 9.39. The molecule has 2 N–H and O–H groups in total. The van der Waals surface area contributed by atoms with Crippen LogP contribution in [0.4, 0.5) is 16.5 Å². The van der Waals surface area contributed by atoms with Gasteiger partial charge in [-0.3, -0.25) is 14.7 Å². The summed E-state index contributed by atoms with van der Waals surface area (Å²) >= 11 is 1.46. The standard InChI is InChI=1S/C23H24N6OS/c1-15-3-4-18-17(11-15)13-29(22(18)30)23-27-20(14-31-23)16(2)26-19-12-25-6-5-21(19)28-9-7-24-8-10-28/h3-6,11-12,14,24,26H,2,7-10,13H2,1H3. The van der Waals surface area contributed by atoms with Gasteiger partial charge in [-0.2, -0.15) is 0 Å². The maximum Gasteiger partial charge on any atom is 0.260 e. The van der Waals surface area contributed by atoms with E-state index in [1.807, 2.05) is 42.9 Å². The highest BCUT2D eigenvalue weighted by atomic mass is 32.1. The number of nitrogens with zero attached hydrogens (tertiary/aromatic N) is 4. The Morgan fingerprint density at radius 1 is 1.26 bits per heavy atom. The number of carbonyl (C=O) groups excluding carboxylic acids is 1. The first kappa shape index (κ1) is 19.7. The molecule has 1 aromatic carbocycles. The third kappa shape index (κ3) is 3.80. The first-order chi connectivity index (χ1) is 15.1. The van der Waals surface area contributed by atoms with E-state index < -0.39 is 0 Å². The van der Waals surface area contributed by atoms with Crippen molar-refractivity contribution in [3.63, 3.8) is 0 Å². The van der Waals surface area contributed by atoms with Gasteiger partial charge in [-0.1, -0.05) is 24.3 Å². The van der Waals surface area contributed by atoms with Gasteiger partial charge < -0.3 is 15.5 Å². The van der Waals surface area contributed by atoms with Crippen LogP contribution in [0.25, 0.3) is 5.70 Å². The number of benzene rings is 1. The van der Waals surface area contributed by atoms with Crippen molar-refractivity contribution >= 4 is 39.4 Å². The molecule has 0 unspecified atom stereocenters. The van der Waals surface area contributed by atoms with Gasteiger partial charge in [0.2, 0.25) is 0 Å². The van der Waals surface area contributed by atoms with Crippen LogP contribution in [-0.2, 0) is 6.54 Å². The molecule has 1 fully saturated rings. The lowest BCUT2D eigenvalue weighted by Crippen LogP contribution is -2.43. The quantitative estimate of drug-likeness (QED) is 0.643. The third-order valence-corrected chi connectivity index (χ3v) is 6.50. The fourth-order valence-electron chi connectivity index (χ4n) is 4.02. The topological polar surface area (TPSA) is 73.4 Å². The van der Waals surface area contributed by atoms with E-state index in [-0.39, 0.29) is 5.91 Å². The molecule has 2 aliphatic heterocycles. The van der Waals surface area contributed by atoms with E-state index in [0.717, 1.165) is 59.9 Å². The molecule has 158 valence electrons. The van der Waals surface area contributed by atoms with Crippen LogP contribution in [0.5, 0.6) is 0 Å². The van der Waals surface area contributed by atoms with E-state index in [1.165, 1.54) is 11.3 Å². The van der Waals surface area contributed by atoms with Gasteiger partial charge in [-0.25, -0.2) is 4.98 Å². The average molecular weight is 433 g/mol. The van der Waals surface area contributed by atoms with E-state index in [1.54, 1.807) is 4.90 Å². The van der Waals surface area contributed by atoms with Crippen molar-refractivity contribution in [1.29, 1.82) is 0 Å². The number of hydrogen-bond donors (Lipinski definition) is 2. The number of thiazole rings is 1. The lowest BCUT2D eigenvalue weighted by molar-refractivity contribution is 0.0996. The predicted molar refractivity (Wildman–Crippen MR) is 126 cm³/mol. The minimum absolute atomic E-state index is 0.00252. The fourth-order valence-corrected chi connectivity index (χ4v) is 4.86. The van der Waals surface area contributed by atoms with Gasteiger partial charge in [0.15, 0.2) is 5.13 Å². The molecule has 1 amide bonds. The molecule has 5 rings (SSSR count). The molecule has 2 aromatic heterocycles. The number of nitrogens with one attached hydrogen (secondary N) is 2. The van der Waals surface area contributed by atoms with Gasteiger partial charge >= 0.3 is 0 Å². The van der Waals surface area contributed by atoms with Crippen LogP contribution in [0.2, 0.25) is 0 Å². The normalized spacial score (nSPS) is 15.8. The highest BCUT2D eigenvalue weighted by molar-refractivity contribution is 7.14. The molecule has 0 saturated carbocycles. The second kappa shape index (κ2) is 8.13. The molecule has 3 aromatic rings. The van der Waals surface area contributed by atoms with Gasteiger partial charge in [0.1, 0.15) is 0 Å². The molecule has 0 atom stereocenters. The van der Waals surface area contributed by atoms with Gasteiger partial charge in [-0.05, 0) is 24.6 Å². The van der Waals surface area contributed by atoms with Crippen molar-refractivity contribution in [2.45, 2.75) is 13.5 Å². The summed E-state index contributed by atoms with van der Waals surface area (Å²) in [5.41, 5.74) is 6.40. The van der Waals surface area contributed by atoms with Crippen molar-refractivity contribution in [2.24, 2.45) is 0 Å². The van der Waals surface area contributed by atoms with E-state index in [2.05, 4.69) is 33.2 Å². The number of aromatic nitrogens is 2. The van der Waals surface area contributed by atoms with Crippen LogP contribution in [0.1, 0.15) is 27.2 Å². The first-order valence-corrected chi connectivity index (χ1v) is 11.2. The number of amides is 1. The van der Waals surface area contributed by atoms with E-state index in [0.29, 0.717) is 17.4 Å². The van der Waals surface area contributed by atoms with Crippen LogP contribution < -0.4 is 20.4 Å².